The van der Waals surface area contributed by atoms with Gasteiger partial charge in [-0.05, 0) is 48.0 Å². The smallest absolute Gasteiger partial charge is 0.332 e. The van der Waals surface area contributed by atoms with E-state index in [0.29, 0.717) is 22.5 Å². The number of carbonyl (C=O) groups is 3. The Balaban J connectivity index is 1.40. The zero-order valence-corrected chi connectivity index (χ0v) is 23.1. The standard InChI is InChI=1S/C29H21Cl2N7O3/c1-35-28(41)38(23-11-21(30)10-22(31)12-23)27(40)29(35)16-37(15-24(29)19-4-2-18(13-32)3-5-19)26(39)20-6-7-25(34-14-20)36-9-8-33-17-36/h2-12,14,17,24H,15-16H2,1H3/t24-,29+/m0/s1. The molecule has 2 saturated heterocycles. The second-order valence-electron chi connectivity index (χ2n) is 9.88. The fourth-order valence-electron chi connectivity index (χ4n) is 5.60. The number of imide groups is 1. The Morgan fingerprint density at radius 3 is 2.41 bits per heavy atom. The average Bonchev–Trinajstić information content (AvgIpc) is 3.69. The number of benzene rings is 2. The number of rotatable bonds is 4. The Morgan fingerprint density at radius 1 is 1.07 bits per heavy atom. The minimum absolute atomic E-state index is 0.0500. The van der Waals surface area contributed by atoms with Crippen molar-refractivity contribution in [3.8, 4) is 11.9 Å². The predicted molar refractivity (Wildman–Crippen MR) is 151 cm³/mol. The summed E-state index contributed by atoms with van der Waals surface area (Å²) in [6.45, 7) is 0.104. The van der Waals surface area contributed by atoms with Crippen LogP contribution in [0.15, 0.2) is 79.5 Å². The fraction of sp³-hybridized carbons (Fsp3) is 0.172. The molecule has 41 heavy (non-hydrogen) atoms. The number of likely N-dealkylation sites (tertiary alicyclic amines) is 1. The number of amides is 4. The molecular formula is C29H21Cl2N7O3. The molecule has 0 N–H and O–H groups in total. The number of likely N-dealkylation sites (N-methyl/N-ethyl adjacent to an activating group) is 1. The quantitative estimate of drug-likeness (QED) is 0.325. The Hall–Kier alpha value is -4.72. The maximum atomic E-state index is 14.3. The molecule has 2 aromatic carbocycles. The number of nitriles is 1. The number of anilines is 1. The van der Waals surface area contributed by atoms with E-state index in [1.54, 1.807) is 71.6 Å². The van der Waals surface area contributed by atoms with Gasteiger partial charge < -0.3 is 9.80 Å². The van der Waals surface area contributed by atoms with Gasteiger partial charge in [-0.3, -0.25) is 14.2 Å². The molecule has 2 aliphatic rings. The van der Waals surface area contributed by atoms with Gasteiger partial charge in [-0.2, -0.15) is 5.26 Å². The third-order valence-electron chi connectivity index (χ3n) is 7.66. The van der Waals surface area contributed by atoms with E-state index in [-0.39, 0.29) is 34.7 Å². The van der Waals surface area contributed by atoms with Gasteiger partial charge in [0, 0.05) is 48.1 Å². The Morgan fingerprint density at radius 2 is 1.80 bits per heavy atom. The number of aromatic nitrogens is 3. The highest BCUT2D eigenvalue weighted by molar-refractivity contribution is 6.36. The maximum Gasteiger partial charge on any atom is 0.332 e. The molecule has 4 aromatic rings. The van der Waals surface area contributed by atoms with Crippen molar-refractivity contribution in [1.29, 1.82) is 5.26 Å². The lowest BCUT2D eigenvalue weighted by Gasteiger charge is -2.33. The lowest BCUT2D eigenvalue weighted by Crippen LogP contribution is -2.54. The van der Waals surface area contributed by atoms with Gasteiger partial charge in [0.05, 0.1) is 29.4 Å². The van der Waals surface area contributed by atoms with Crippen LogP contribution >= 0.6 is 23.2 Å². The molecule has 10 nitrogen and oxygen atoms in total. The van der Waals surface area contributed by atoms with E-state index in [1.807, 2.05) is 0 Å². The number of pyridine rings is 1. The van der Waals surface area contributed by atoms with Crippen LogP contribution in [0.25, 0.3) is 5.82 Å². The number of hydrogen-bond donors (Lipinski definition) is 0. The molecule has 0 aliphatic carbocycles. The second kappa shape index (κ2) is 10.0. The van der Waals surface area contributed by atoms with Crippen LogP contribution in [0.3, 0.4) is 0 Å². The summed E-state index contributed by atoms with van der Waals surface area (Å²) in [6, 6.07) is 16.2. The Labute approximate surface area is 244 Å². The van der Waals surface area contributed by atoms with Gasteiger partial charge in [0.2, 0.25) is 0 Å². The molecule has 0 radical (unpaired) electrons. The van der Waals surface area contributed by atoms with Crippen LogP contribution in [0.4, 0.5) is 10.5 Å². The second-order valence-corrected chi connectivity index (χ2v) is 10.8. The number of hydrogen-bond acceptors (Lipinski definition) is 6. The summed E-state index contributed by atoms with van der Waals surface area (Å²) in [5.41, 5.74) is 0.327. The largest absolute Gasteiger partial charge is 0.335 e. The van der Waals surface area contributed by atoms with Crippen LogP contribution in [0.5, 0.6) is 0 Å². The van der Waals surface area contributed by atoms with Gasteiger partial charge in [-0.1, -0.05) is 35.3 Å². The molecule has 0 unspecified atom stereocenters. The zero-order chi connectivity index (χ0) is 28.9. The Kier molecular flexibility index (Phi) is 6.49. The molecule has 2 aliphatic heterocycles. The van der Waals surface area contributed by atoms with E-state index in [1.165, 1.54) is 29.3 Å². The van der Waals surface area contributed by atoms with Crippen LogP contribution in [-0.2, 0) is 4.79 Å². The van der Waals surface area contributed by atoms with Crippen LogP contribution in [0.2, 0.25) is 10.0 Å². The molecule has 12 heteroatoms. The number of imidazole rings is 1. The first kappa shape index (κ1) is 26.5. The maximum absolute atomic E-state index is 14.3. The minimum Gasteiger partial charge on any atom is -0.335 e. The summed E-state index contributed by atoms with van der Waals surface area (Å²) < 4.78 is 1.72. The lowest BCUT2D eigenvalue weighted by atomic mass is 9.80. The number of carbonyl (C=O) groups excluding carboxylic acids is 3. The highest BCUT2D eigenvalue weighted by atomic mass is 35.5. The van der Waals surface area contributed by atoms with Crippen molar-refractivity contribution < 1.29 is 14.4 Å². The summed E-state index contributed by atoms with van der Waals surface area (Å²) in [6.07, 6.45) is 6.46. The topological polar surface area (TPSA) is 115 Å². The Bertz CT molecular complexity index is 1700. The van der Waals surface area contributed by atoms with Crippen LogP contribution in [0, 0.1) is 11.3 Å². The summed E-state index contributed by atoms with van der Waals surface area (Å²) >= 11 is 12.4. The molecule has 0 saturated carbocycles. The van der Waals surface area contributed by atoms with Gasteiger partial charge in [0.15, 0.2) is 0 Å². The van der Waals surface area contributed by atoms with Gasteiger partial charge in [0.25, 0.3) is 11.8 Å². The highest BCUT2D eigenvalue weighted by Gasteiger charge is 2.65. The van der Waals surface area contributed by atoms with Crippen LogP contribution in [0.1, 0.15) is 27.4 Å². The first-order chi connectivity index (χ1) is 19.7. The van der Waals surface area contributed by atoms with E-state index < -0.39 is 23.4 Å². The van der Waals surface area contributed by atoms with Crippen molar-refractivity contribution in [2.45, 2.75) is 11.5 Å². The third-order valence-corrected chi connectivity index (χ3v) is 8.10. The van der Waals surface area contributed by atoms with Gasteiger partial charge in [-0.25, -0.2) is 19.7 Å². The van der Waals surface area contributed by atoms with Crippen molar-refractivity contribution in [2.75, 3.05) is 25.0 Å². The van der Waals surface area contributed by atoms with Crippen molar-refractivity contribution in [3.63, 3.8) is 0 Å². The number of nitrogens with zero attached hydrogens (tertiary/aromatic N) is 7. The van der Waals surface area contributed by atoms with E-state index in [9.17, 15) is 19.6 Å². The van der Waals surface area contributed by atoms with E-state index in [2.05, 4.69) is 16.0 Å². The normalized spacial score (nSPS) is 20.2. The van der Waals surface area contributed by atoms with E-state index in [4.69, 9.17) is 23.2 Å². The van der Waals surface area contributed by atoms with Gasteiger partial charge in [0.1, 0.15) is 17.7 Å². The first-order valence-corrected chi connectivity index (χ1v) is 13.3. The van der Waals surface area contributed by atoms with Crippen molar-refractivity contribution in [3.05, 3.63) is 106 Å². The molecule has 1 spiro atoms. The number of urea groups is 1. The molecule has 0 bridgehead atoms. The number of halogens is 2. The predicted octanol–water partition coefficient (Wildman–Crippen LogP) is 4.52. The van der Waals surface area contributed by atoms with Gasteiger partial charge >= 0.3 is 6.03 Å². The lowest BCUT2D eigenvalue weighted by molar-refractivity contribution is -0.124. The van der Waals surface area contributed by atoms with Crippen LogP contribution < -0.4 is 4.90 Å². The molecule has 204 valence electrons. The highest BCUT2D eigenvalue weighted by Crippen LogP contribution is 2.47. The summed E-state index contributed by atoms with van der Waals surface area (Å²) in [5, 5.41) is 9.84. The summed E-state index contributed by atoms with van der Waals surface area (Å²) in [4.78, 5) is 54.2. The van der Waals surface area contributed by atoms with Crippen molar-refractivity contribution in [1.82, 2.24) is 24.3 Å². The summed E-state index contributed by atoms with van der Waals surface area (Å²) in [5.74, 6) is -0.817. The van der Waals surface area contributed by atoms with Crippen molar-refractivity contribution in [2.24, 2.45) is 0 Å². The first-order valence-electron chi connectivity index (χ1n) is 12.5. The zero-order valence-electron chi connectivity index (χ0n) is 21.6. The molecule has 4 amide bonds. The van der Waals surface area contributed by atoms with E-state index in [0.717, 1.165) is 4.90 Å². The molecule has 2 atom stereocenters. The average molecular weight is 586 g/mol. The molecule has 4 heterocycles. The van der Waals surface area contributed by atoms with Crippen molar-refractivity contribution >= 4 is 46.7 Å². The third kappa shape index (κ3) is 4.30. The summed E-state index contributed by atoms with van der Waals surface area (Å²) in [7, 11) is 1.55. The molecular weight excluding hydrogens is 565 g/mol. The van der Waals surface area contributed by atoms with E-state index >= 15 is 0 Å². The SMILES string of the molecule is CN1C(=O)N(c2cc(Cl)cc(Cl)c2)C(=O)[C@]12CN(C(=O)c1ccc(-n3ccnc3)nc1)C[C@H]2c1ccc(C#N)cc1. The minimum atomic E-state index is -1.42. The van der Waals surface area contributed by atoms with Crippen LogP contribution in [-0.4, -0.2) is 67.9 Å². The van der Waals surface area contributed by atoms with Gasteiger partial charge in [-0.15, -0.1) is 0 Å². The molecule has 6 rings (SSSR count). The molecule has 2 fully saturated rings. The fourth-order valence-corrected chi connectivity index (χ4v) is 6.12. The monoisotopic (exact) mass is 585 g/mol. The molecule has 2 aromatic heterocycles.